The van der Waals surface area contributed by atoms with Crippen LogP contribution in [0.25, 0.3) is 0 Å². The van der Waals surface area contributed by atoms with Gasteiger partial charge < -0.3 is 34.7 Å². The first-order chi connectivity index (χ1) is 18.8. The van der Waals surface area contributed by atoms with Gasteiger partial charge in [0.05, 0.1) is 12.1 Å². The third kappa shape index (κ3) is 2.91. The predicted molar refractivity (Wildman–Crippen MR) is 141 cm³/mol. The molecule has 2 spiro atoms. The van der Waals surface area contributed by atoms with Crippen molar-refractivity contribution in [3.8, 4) is 0 Å². The van der Waals surface area contributed by atoms with Gasteiger partial charge in [0.25, 0.3) is 0 Å². The molecule has 8 aliphatic rings. The van der Waals surface area contributed by atoms with Crippen molar-refractivity contribution in [3.63, 3.8) is 0 Å². The topological polar surface area (TPSA) is 142 Å². The van der Waals surface area contributed by atoms with Gasteiger partial charge in [-0.05, 0) is 36.2 Å². The largest absolute Gasteiger partial charge is 0.458 e. The molecule has 5 aliphatic heterocycles. The van der Waals surface area contributed by atoms with E-state index in [0.717, 1.165) is 17.6 Å². The number of ether oxygens (including phenoxy) is 5. The lowest BCUT2D eigenvalue weighted by molar-refractivity contribution is -0.367. The van der Waals surface area contributed by atoms with E-state index in [1.165, 1.54) is 0 Å². The maximum Gasteiger partial charge on any atom is 0.334 e. The second-order valence-electron chi connectivity index (χ2n) is 14.4. The predicted octanol–water partition coefficient (Wildman–Crippen LogP) is 1.78. The Hall–Kier alpha value is -2.01. The summed E-state index contributed by atoms with van der Waals surface area (Å²) < 4.78 is 32.1. The van der Waals surface area contributed by atoms with Crippen molar-refractivity contribution in [1.29, 1.82) is 0 Å². The quantitative estimate of drug-likeness (QED) is 0.353. The van der Waals surface area contributed by atoms with Gasteiger partial charge in [0.1, 0.15) is 41.7 Å². The smallest absolute Gasteiger partial charge is 0.334 e. The Bertz CT molecular complexity index is 1220. The lowest BCUT2D eigenvalue weighted by Gasteiger charge is -2.70. The molecule has 2 bridgehead atoms. The van der Waals surface area contributed by atoms with Crippen LogP contribution in [-0.2, 0) is 38.1 Å². The Morgan fingerprint density at radius 3 is 2.38 bits per heavy atom. The maximum absolute atomic E-state index is 13.9. The molecule has 0 aromatic heterocycles. The monoisotopic (exact) mass is 558 g/mol. The number of nitrogens with two attached hydrogens (primary N) is 1. The lowest BCUT2D eigenvalue weighted by Crippen LogP contribution is -2.84. The Kier molecular flexibility index (Phi) is 5.43. The van der Waals surface area contributed by atoms with E-state index in [9.17, 15) is 14.4 Å². The molecule has 6 fully saturated rings. The number of epoxide rings is 2. The molecule has 4 saturated heterocycles. The van der Waals surface area contributed by atoms with Crippen molar-refractivity contribution >= 4 is 17.8 Å². The van der Waals surface area contributed by atoms with Gasteiger partial charge in [0, 0.05) is 23.3 Å². The van der Waals surface area contributed by atoms with E-state index in [1.807, 2.05) is 27.7 Å². The van der Waals surface area contributed by atoms with Crippen molar-refractivity contribution in [1.82, 2.24) is 5.32 Å². The Morgan fingerprint density at radius 2 is 1.75 bits per heavy atom. The van der Waals surface area contributed by atoms with Crippen LogP contribution in [0.4, 0.5) is 0 Å². The molecule has 1 unspecified atom stereocenters. The number of fused-ring (bicyclic) bond motifs is 2. The minimum atomic E-state index is -0.865. The third-order valence-electron chi connectivity index (χ3n) is 11.5. The molecular formula is C30H42N2O8. The van der Waals surface area contributed by atoms with E-state index in [1.54, 1.807) is 0 Å². The molecule has 3 aliphatic carbocycles. The van der Waals surface area contributed by atoms with Gasteiger partial charge in [-0.2, -0.15) is 0 Å². The van der Waals surface area contributed by atoms with Crippen LogP contribution in [0.2, 0.25) is 0 Å². The number of carbonyl (C=O) groups is 3. The number of esters is 2. The number of nitrogens with one attached hydrogen (secondary N) is 1. The molecule has 8 rings (SSSR count). The van der Waals surface area contributed by atoms with E-state index in [-0.39, 0.29) is 59.3 Å². The zero-order valence-electron chi connectivity index (χ0n) is 24.4. The summed E-state index contributed by atoms with van der Waals surface area (Å²) in [6, 6.07) is -1.59. The first-order valence-corrected chi connectivity index (χ1v) is 15.0. The highest BCUT2D eigenvalue weighted by molar-refractivity contribution is 5.92. The van der Waals surface area contributed by atoms with E-state index in [4.69, 9.17) is 29.4 Å². The van der Waals surface area contributed by atoms with E-state index in [2.05, 4.69) is 26.1 Å². The summed E-state index contributed by atoms with van der Waals surface area (Å²) >= 11 is 0. The Labute approximate surface area is 235 Å². The van der Waals surface area contributed by atoms with Crippen molar-refractivity contribution in [3.05, 3.63) is 11.1 Å². The summed E-state index contributed by atoms with van der Waals surface area (Å²) in [5.41, 5.74) is 5.35. The van der Waals surface area contributed by atoms with Gasteiger partial charge in [-0.1, -0.05) is 48.5 Å². The summed E-state index contributed by atoms with van der Waals surface area (Å²) in [5, 5.41) is 2.85. The van der Waals surface area contributed by atoms with Crippen LogP contribution in [0.1, 0.15) is 67.7 Å². The average molecular weight is 559 g/mol. The second-order valence-corrected chi connectivity index (χ2v) is 14.4. The number of amides is 1. The van der Waals surface area contributed by atoms with Crippen LogP contribution in [0, 0.1) is 29.1 Å². The summed E-state index contributed by atoms with van der Waals surface area (Å²) in [6.07, 6.45) is 0.864. The first-order valence-electron chi connectivity index (χ1n) is 15.0. The number of rotatable bonds is 7. The molecule has 0 aromatic rings. The zero-order valence-corrected chi connectivity index (χ0v) is 24.4. The second kappa shape index (κ2) is 8.08. The van der Waals surface area contributed by atoms with Crippen molar-refractivity contribution in [2.24, 2.45) is 34.8 Å². The fourth-order valence-corrected chi connectivity index (χ4v) is 9.29. The fraction of sp³-hybridized carbons (Fsp3) is 0.833. The number of hydrogen-bond donors (Lipinski definition) is 2. The normalized spacial score (nSPS) is 46.8. The van der Waals surface area contributed by atoms with Crippen molar-refractivity contribution in [2.75, 3.05) is 6.61 Å². The molecule has 11 atom stereocenters. The van der Waals surface area contributed by atoms with Crippen molar-refractivity contribution < 1.29 is 38.1 Å². The van der Waals surface area contributed by atoms with Crippen LogP contribution in [0.5, 0.6) is 0 Å². The van der Waals surface area contributed by atoms with Gasteiger partial charge >= 0.3 is 11.9 Å². The standard InChI is InChI=1S/C30H42N2O8/c1-12(2)19(31)23(33)32-20(13(3)4)25(35)37-26-28-10-17(38-28)18-16-11-36-24(34)15(16)8-9-27(18,7)30(28)22(40-30)21-29(26,39-21)14(5)6/h12-14,17-22,26H,8-11,31H2,1-7H3,(H,32,33)/t17?,18-,19-,20-,21+,22+,26+,27+,28-,29+,30-/m1/s1. The minimum Gasteiger partial charge on any atom is -0.458 e. The van der Waals surface area contributed by atoms with E-state index in [0.29, 0.717) is 19.4 Å². The van der Waals surface area contributed by atoms with E-state index < -0.39 is 41.0 Å². The van der Waals surface area contributed by atoms with Gasteiger partial charge in [0.2, 0.25) is 5.91 Å². The molecule has 0 aromatic carbocycles. The molecule has 10 nitrogen and oxygen atoms in total. The lowest BCUT2D eigenvalue weighted by atomic mass is 9.42. The summed E-state index contributed by atoms with van der Waals surface area (Å²) in [5.74, 6) is -1.32. The van der Waals surface area contributed by atoms with Crippen LogP contribution >= 0.6 is 0 Å². The number of carbonyl (C=O) groups excluding carboxylic acids is 3. The highest BCUT2D eigenvalue weighted by atomic mass is 16.7. The first kappa shape index (κ1) is 26.9. The molecular weight excluding hydrogens is 516 g/mol. The van der Waals surface area contributed by atoms with E-state index >= 15 is 0 Å². The SMILES string of the molecule is CC(C)[C@@H](N)C(=O)N[C@@H](C(=O)O[C@@H]1[C@@]2(C(C)C)O[C@H]2[C@@H]2O[C@@]23[C@@]2(C)CCC4=C(COC4=O)[C@@H]2C2C[C@@]13O2)C(C)C. The molecule has 5 heterocycles. The van der Waals surface area contributed by atoms with Gasteiger partial charge in [0.15, 0.2) is 6.10 Å². The van der Waals surface area contributed by atoms with Gasteiger partial charge in [-0.25, -0.2) is 9.59 Å². The minimum absolute atomic E-state index is 0.0106. The van der Waals surface area contributed by atoms with Crippen LogP contribution in [0.15, 0.2) is 11.1 Å². The summed E-state index contributed by atoms with van der Waals surface area (Å²) in [7, 11) is 0. The highest BCUT2D eigenvalue weighted by Gasteiger charge is 2.99. The molecule has 10 heteroatoms. The van der Waals surface area contributed by atoms with Crippen LogP contribution in [0.3, 0.4) is 0 Å². The molecule has 2 saturated carbocycles. The number of hydrogen-bond acceptors (Lipinski definition) is 9. The molecule has 0 radical (unpaired) electrons. The third-order valence-corrected chi connectivity index (χ3v) is 11.5. The highest BCUT2D eigenvalue weighted by Crippen LogP contribution is 2.82. The summed E-state index contributed by atoms with van der Waals surface area (Å²) in [4.78, 5) is 39.2. The average Bonchev–Trinajstić information content (AvgIpc) is 3.75. The molecule has 220 valence electrons. The summed E-state index contributed by atoms with van der Waals surface area (Å²) in [6.45, 7) is 14.2. The Balaban J connectivity index is 1.24. The zero-order chi connectivity index (χ0) is 28.7. The number of cyclic esters (lactones) is 1. The molecule has 1 amide bonds. The molecule has 40 heavy (non-hydrogen) atoms. The van der Waals surface area contributed by atoms with Crippen LogP contribution < -0.4 is 11.1 Å². The molecule has 3 N–H and O–H groups in total. The van der Waals surface area contributed by atoms with Gasteiger partial charge in [-0.15, -0.1) is 0 Å². The van der Waals surface area contributed by atoms with Crippen molar-refractivity contribution in [2.45, 2.75) is 121 Å². The Morgan fingerprint density at radius 1 is 1.05 bits per heavy atom. The van der Waals surface area contributed by atoms with Crippen LogP contribution in [-0.4, -0.2) is 77.8 Å². The maximum atomic E-state index is 13.9. The van der Waals surface area contributed by atoms with Gasteiger partial charge in [-0.3, -0.25) is 4.79 Å². The fourth-order valence-electron chi connectivity index (χ4n) is 9.29.